The summed E-state index contributed by atoms with van der Waals surface area (Å²) < 4.78 is 16.4. The van der Waals surface area contributed by atoms with Crippen LogP contribution in [-0.4, -0.2) is 37.9 Å². The number of alkyl halides is 1. The fraction of sp³-hybridized carbons (Fsp3) is 0.538. The van der Waals surface area contributed by atoms with E-state index in [9.17, 15) is 0 Å². The normalized spacial score (nSPS) is 26.0. The van der Waals surface area contributed by atoms with E-state index in [-0.39, 0.29) is 17.6 Å². The standard InChI is InChI=1S/C13H15Cl3O3/c1-17-5-6-18-13-10(16)7-11(13)19-12-8(14)3-2-4-9(12)15/h2-4,10-11,13H,5-7H2,1H3. The molecule has 0 aromatic heterocycles. The predicted molar refractivity (Wildman–Crippen MR) is 76.8 cm³/mol. The first-order chi connectivity index (χ1) is 9.13. The van der Waals surface area contributed by atoms with Gasteiger partial charge in [0.2, 0.25) is 0 Å². The molecular weight excluding hydrogens is 310 g/mol. The lowest BCUT2D eigenvalue weighted by Gasteiger charge is -2.40. The first-order valence-corrected chi connectivity index (χ1v) is 7.18. The van der Waals surface area contributed by atoms with E-state index in [0.717, 1.165) is 0 Å². The first kappa shape index (κ1) is 15.2. The summed E-state index contributed by atoms with van der Waals surface area (Å²) in [4.78, 5) is 0. The predicted octanol–water partition coefficient (Wildman–Crippen LogP) is 3.78. The van der Waals surface area contributed by atoms with Gasteiger partial charge in [0.25, 0.3) is 0 Å². The molecule has 0 bridgehead atoms. The Morgan fingerprint density at radius 1 is 1.21 bits per heavy atom. The van der Waals surface area contributed by atoms with E-state index < -0.39 is 0 Å². The average Bonchev–Trinajstić information content (AvgIpc) is 2.37. The minimum atomic E-state index is -0.163. The van der Waals surface area contributed by atoms with Gasteiger partial charge in [0.1, 0.15) is 12.2 Å². The average molecular weight is 326 g/mol. The lowest BCUT2D eigenvalue weighted by atomic mass is 9.91. The number of methoxy groups -OCH3 is 1. The van der Waals surface area contributed by atoms with E-state index in [1.807, 2.05) is 0 Å². The Bertz CT molecular complexity index is 407. The van der Waals surface area contributed by atoms with Crippen LogP contribution in [0.2, 0.25) is 10.0 Å². The number of benzene rings is 1. The molecule has 3 unspecified atom stereocenters. The molecular formula is C13H15Cl3O3. The number of rotatable bonds is 6. The van der Waals surface area contributed by atoms with Gasteiger partial charge in [-0.25, -0.2) is 0 Å². The fourth-order valence-electron chi connectivity index (χ4n) is 1.87. The van der Waals surface area contributed by atoms with Crippen molar-refractivity contribution in [3.8, 4) is 5.75 Å². The molecule has 0 spiro atoms. The molecule has 1 aromatic carbocycles. The lowest BCUT2D eigenvalue weighted by Crippen LogP contribution is -2.53. The maximum atomic E-state index is 6.12. The van der Waals surface area contributed by atoms with Crippen molar-refractivity contribution in [2.24, 2.45) is 0 Å². The summed E-state index contributed by atoms with van der Waals surface area (Å²) >= 11 is 18.2. The van der Waals surface area contributed by atoms with Gasteiger partial charge in [-0.3, -0.25) is 0 Å². The van der Waals surface area contributed by atoms with Crippen molar-refractivity contribution in [2.45, 2.75) is 24.0 Å². The lowest BCUT2D eigenvalue weighted by molar-refractivity contribution is -0.0897. The zero-order chi connectivity index (χ0) is 13.8. The topological polar surface area (TPSA) is 27.7 Å². The Kier molecular flexibility index (Phi) is 5.60. The summed E-state index contributed by atoms with van der Waals surface area (Å²) in [5.74, 6) is 0.486. The molecule has 0 amide bonds. The zero-order valence-electron chi connectivity index (χ0n) is 10.4. The van der Waals surface area contributed by atoms with Gasteiger partial charge in [-0.15, -0.1) is 11.6 Å². The molecule has 1 fully saturated rings. The summed E-state index contributed by atoms with van der Waals surface area (Å²) in [6.45, 7) is 1.01. The van der Waals surface area contributed by atoms with E-state index in [2.05, 4.69) is 0 Å². The largest absolute Gasteiger partial charge is 0.484 e. The molecule has 0 heterocycles. The van der Waals surface area contributed by atoms with Crippen LogP contribution in [0.15, 0.2) is 18.2 Å². The molecule has 3 atom stereocenters. The Labute approximate surface area is 127 Å². The van der Waals surface area contributed by atoms with Crippen LogP contribution in [0.25, 0.3) is 0 Å². The fourth-order valence-corrected chi connectivity index (χ4v) is 2.77. The molecule has 106 valence electrons. The van der Waals surface area contributed by atoms with Gasteiger partial charge < -0.3 is 14.2 Å². The van der Waals surface area contributed by atoms with E-state index >= 15 is 0 Å². The van der Waals surface area contributed by atoms with Gasteiger partial charge in [0, 0.05) is 13.5 Å². The first-order valence-electron chi connectivity index (χ1n) is 5.98. The van der Waals surface area contributed by atoms with Crippen LogP contribution in [-0.2, 0) is 9.47 Å². The van der Waals surface area contributed by atoms with E-state index in [4.69, 9.17) is 49.0 Å². The summed E-state index contributed by atoms with van der Waals surface area (Å²) in [5.41, 5.74) is 0. The Balaban J connectivity index is 1.95. The van der Waals surface area contributed by atoms with Gasteiger partial charge in [0.05, 0.1) is 28.6 Å². The molecule has 0 radical (unpaired) electrons. The third-order valence-corrected chi connectivity index (χ3v) is 3.99. The van der Waals surface area contributed by atoms with Crippen LogP contribution in [0, 0.1) is 0 Å². The highest BCUT2D eigenvalue weighted by atomic mass is 35.5. The molecule has 3 nitrogen and oxygen atoms in total. The molecule has 0 aliphatic heterocycles. The second kappa shape index (κ2) is 7.00. The second-order valence-electron chi connectivity index (χ2n) is 4.29. The van der Waals surface area contributed by atoms with Gasteiger partial charge in [-0.05, 0) is 12.1 Å². The maximum Gasteiger partial charge on any atom is 0.157 e. The van der Waals surface area contributed by atoms with Gasteiger partial charge in [0.15, 0.2) is 5.75 Å². The molecule has 19 heavy (non-hydrogen) atoms. The molecule has 0 N–H and O–H groups in total. The van der Waals surface area contributed by atoms with Crippen molar-refractivity contribution in [3.63, 3.8) is 0 Å². The van der Waals surface area contributed by atoms with E-state index in [1.54, 1.807) is 25.3 Å². The van der Waals surface area contributed by atoms with Gasteiger partial charge in [-0.1, -0.05) is 29.3 Å². The van der Waals surface area contributed by atoms with Crippen LogP contribution < -0.4 is 4.74 Å². The third kappa shape index (κ3) is 3.67. The molecule has 1 saturated carbocycles. The number of hydrogen-bond acceptors (Lipinski definition) is 3. The Hall–Kier alpha value is -0.190. The van der Waals surface area contributed by atoms with Crippen LogP contribution >= 0.6 is 34.8 Å². The zero-order valence-corrected chi connectivity index (χ0v) is 12.7. The van der Waals surface area contributed by atoms with Crippen molar-refractivity contribution in [1.29, 1.82) is 0 Å². The van der Waals surface area contributed by atoms with Crippen molar-refractivity contribution >= 4 is 34.8 Å². The minimum absolute atomic E-state index is 0.0527. The number of ether oxygens (including phenoxy) is 3. The SMILES string of the molecule is COCCOC1C(Cl)CC1Oc1c(Cl)cccc1Cl. The highest BCUT2D eigenvalue weighted by Crippen LogP contribution is 2.38. The molecule has 2 rings (SSSR count). The molecule has 1 aromatic rings. The van der Waals surface area contributed by atoms with Crippen molar-refractivity contribution < 1.29 is 14.2 Å². The summed E-state index contributed by atoms with van der Waals surface area (Å²) in [7, 11) is 1.62. The van der Waals surface area contributed by atoms with Crippen LogP contribution in [0.5, 0.6) is 5.75 Å². The van der Waals surface area contributed by atoms with Gasteiger partial charge in [-0.2, -0.15) is 0 Å². The molecule has 1 aliphatic carbocycles. The number of halogens is 3. The van der Waals surface area contributed by atoms with Crippen molar-refractivity contribution in [1.82, 2.24) is 0 Å². The minimum Gasteiger partial charge on any atom is -0.484 e. The third-order valence-electron chi connectivity index (χ3n) is 2.97. The Morgan fingerprint density at radius 2 is 1.89 bits per heavy atom. The smallest absolute Gasteiger partial charge is 0.157 e. The highest BCUT2D eigenvalue weighted by Gasteiger charge is 2.43. The quantitative estimate of drug-likeness (QED) is 0.588. The maximum absolute atomic E-state index is 6.12. The van der Waals surface area contributed by atoms with Gasteiger partial charge >= 0.3 is 0 Å². The second-order valence-corrected chi connectivity index (χ2v) is 5.66. The summed E-state index contributed by atoms with van der Waals surface area (Å²) in [6, 6.07) is 5.25. The van der Waals surface area contributed by atoms with Crippen LogP contribution in [0.3, 0.4) is 0 Å². The van der Waals surface area contributed by atoms with Crippen molar-refractivity contribution in [2.75, 3.05) is 20.3 Å². The summed E-state index contributed by atoms with van der Waals surface area (Å²) in [6.07, 6.45) is 0.418. The molecule has 0 saturated heterocycles. The summed E-state index contributed by atoms with van der Waals surface area (Å²) in [5, 5.41) is 0.922. The van der Waals surface area contributed by atoms with Crippen LogP contribution in [0.4, 0.5) is 0 Å². The molecule has 1 aliphatic rings. The van der Waals surface area contributed by atoms with E-state index in [1.165, 1.54) is 0 Å². The number of para-hydroxylation sites is 1. The van der Waals surface area contributed by atoms with E-state index in [0.29, 0.717) is 35.4 Å². The van der Waals surface area contributed by atoms with Crippen molar-refractivity contribution in [3.05, 3.63) is 28.2 Å². The monoisotopic (exact) mass is 324 g/mol. The van der Waals surface area contributed by atoms with Crippen LogP contribution in [0.1, 0.15) is 6.42 Å². The number of hydrogen-bond donors (Lipinski definition) is 0. The Morgan fingerprint density at radius 3 is 2.47 bits per heavy atom. The molecule has 6 heteroatoms. The highest BCUT2D eigenvalue weighted by molar-refractivity contribution is 6.37.